The van der Waals surface area contributed by atoms with Crippen molar-refractivity contribution >= 4 is 28.9 Å². The van der Waals surface area contributed by atoms with Crippen molar-refractivity contribution in [1.82, 2.24) is 9.38 Å². The highest BCUT2D eigenvalue weighted by molar-refractivity contribution is 5.83. The molecule has 0 radical (unpaired) electrons. The van der Waals surface area contributed by atoms with Crippen LogP contribution in [0.3, 0.4) is 0 Å². The third-order valence-electron chi connectivity index (χ3n) is 2.93. The molecule has 0 unspecified atom stereocenters. The van der Waals surface area contributed by atoms with Gasteiger partial charge >= 0.3 is 6.09 Å². The summed E-state index contributed by atoms with van der Waals surface area (Å²) in [4.78, 5) is 15.4. The van der Waals surface area contributed by atoms with Gasteiger partial charge in [-0.05, 0) is 24.3 Å². The highest BCUT2D eigenvalue weighted by atomic mass is 16.5. The van der Waals surface area contributed by atoms with E-state index in [4.69, 9.17) is 0 Å². The van der Waals surface area contributed by atoms with Crippen molar-refractivity contribution in [1.29, 1.82) is 0 Å². The van der Waals surface area contributed by atoms with Crippen LogP contribution < -0.4 is 10.6 Å². The summed E-state index contributed by atoms with van der Waals surface area (Å²) in [6.07, 6.45) is 3.08. The molecular formula is C15H14N4O2. The Bertz CT molecular complexity index is 768. The van der Waals surface area contributed by atoms with Crippen LogP contribution in [0.2, 0.25) is 0 Å². The number of methoxy groups -OCH3 is 1. The molecule has 2 heterocycles. The van der Waals surface area contributed by atoms with E-state index in [0.29, 0.717) is 5.82 Å². The third-order valence-corrected chi connectivity index (χ3v) is 2.93. The van der Waals surface area contributed by atoms with E-state index in [1.54, 1.807) is 6.20 Å². The van der Waals surface area contributed by atoms with E-state index < -0.39 is 6.09 Å². The van der Waals surface area contributed by atoms with Gasteiger partial charge in [0.2, 0.25) is 0 Å². The maximum atomic E-state index is 11.2. The van der Waals surface area contributed by atoms with Crippen molar-refractivity contribution in [2.24, 2.45) is 0 Å². The first-order chi connectivity index (χ1) is 10.2. The predicted octanol–water partition coefficient (Wildman–Crippen LogP) is 3.26. The lowest BCUT2D eigenvalue weighted by Gasteiger charge is -2.06. The van der Waals surface area contributed by atoms with Crippen LogP contribution in [-0.2, 0) is 4.74 Å². The molecule has 0 saturated carbocycles. The Morgan fingerprint density at radius 2 is 1.90 bits per heavy atom. The molecule has 1 amide bonds. The number of ether oxygens (including phenoxy) is 1. The van der Waals surface area contributed by atoms with Crippen LogP contribution in [0, 0.1) is 0 Å². The van der Waals surface area contributed by atoms with Crippen LogP contribution in [0.5, 0.6) is 0 Å². The van der Waals surface area contributed by atoms with Crippen molar-refractivity contribution in [3.63, 3.8) is 0 Å². The average Bonchev–Trinajstić information content (AvgIpc) is 2.89. The van der Waals surface area contributed by atoms with E-state index in [-0.39, 0.29) is 0 Å². The number of para-hydroxylation sites is 1. The molecule has 0 saturated heterocycles. The molecule has 0 bridgehead atoms. The van der Waals surface area contributed by atoms with Gasteiger partial charge < -0.3 is 14.5 Å². The topological polar surface area (TPSA) is 67.7 Å². The molecule has 0 aliphatic rings. The first-order valence-corrected chi connectivity index (χ1v) is 6.40. The Kier molecular flexibility index (Phi) is 3.42. The minimum absolute atomic E-state index is 0.443. The van der Waals surface area contributed by atoms with E-state index >= 15 is 0 Å². The molecule has 0 atom stereocenters. The molecule has 106 valence electrons. The van der Waals surface area contributed by atoms with Crippen LogP contribution in [0.15, 0.2) is 54.9 Å². The van der Waals surface area contributed by atoms with Gasteiger partial charge in [0, 0.05) is 11.9 Å². The van der Waals surface area contributed by atoms with Crippen LogP contribution in [0.4, 0.5) is 22.0 Å². The van der Waals surface area contributed by atoms with E-state index in [9.17, 15) is 4.79 Å². The van der Waals surface area contributed by atoms with Crippen molar-refractivity contribution in [2.45, 2.75) is 0 Å². The summed E-state index contributed by atoms with van der Waals surface area (Å²) < 4.78 is 6.37. The summed E-state index contributed by atoms with van der Waals surface area (Å²) in [6, 6.07) is 13.7. The molecule has 3 aromatic rings. The molecular weight excluding hydrogens is 268 g/mol. The molecule has 6 heteroatoms. The number of anilines is 3. The van der Waals surface area contributed by atoms with Gasteiger partial charge in [-0.2, -0.15) is 0 Å². The molecule has 21 heavy (non-hydrogen) atoms. The van der Waals surface area contributed by atoms with Gasteiger partial charge in [0.05, 0.1) is 19.0 Å². The van der Waals surface area contributed by atoms with Crippen LogP contribution >= 0.6 is 0 Å². The number of carbonyl (C=O) groups is 1. The summed E-state index contributed by atoms with van der Waals surface area (Å²) >= 11 is 0. The first-order valence-electron chi connectivity index (χ1n) is 6.40. The number of hydrogen-bond donors (Lipinski definition) is 2. The van der Waals surface area contributed by atoms with Gasteiger partial charge in [-0.25, -0.2) is 9.78 Å². The number of hydrogen-bond acceptors (Lipinski definition) is 4. The zero-order chi connectivity index (χ0) is 14.7. The zero-order valence-electron chi connectivity index (χ0n) is 11.4. The minimum Gasteiger partial charge on any atom is -0.453 e. The number of imidazole rings is 1. The second-order valence-electron chi connectivity index (χ2n) is 4.42. The molecule has 0 spiro atoms. The highest BCUT2D eigenvalue weighted by Crippen LogP contribution is 2.18. The molecule has 2 N–H and O–H groups in total. The zero-order valence-corrected chi connectivity index (χ0v) is 11.4. The fourth-order valence-electron chi connectivity index (χ4n) is 1.97. The number of benzene rings is 1. The maximum absolute atomic E-state index is 11.2. The van der Waals surface area contributed by atoms with E-state index in [1.807, 2.05) is 53.1 Å². The number of aromatic nitrogens is 2. The van der Waals surface area contributed by atoms with E-state index in [1.165, 1.54) is 7.11 Å². The standard InChI is InChI=1S/C15H14N4O2/c1-21-15(20)18-13-10-19-9-12(7-8-14(19)17-13)16-11-5-3-2-4-6-11/h2-10,16H,1H3,(H,18,20). The largest absolute Gasteiger partial charge is 0.453 e. The number of pyridine rings is 1. The Morgan fingerprint density at radius 3 is 2.67 bits per heavy atom. The predicted molar refractivity (Wildman–Crippen MR) is 80.9 cm³/mol. The summed E-state index contributed by atoms with van der Waals surface area (Å²) in [5.41, 5.74) is 2.67. The lowest BCUT2D eigenvalue weighted by molar-refractivity contribution is 0.187. The van der Waals surface area contributed by atoms with Crippen LogP contribution in [0.25, 0.3) is 5.65 Å². The minimum atomic E-state index is -0.541. The number of carbonyl (C=O) groups excluding carboxylic acids is 1. The lowest BCUT2D eigenvalue weighted by Crippen LogP contribution is -2.10. The second kappa shape index (κ2) is 5.54. The van der Waals surface area contributed by atoms with E-state index in [2.05, 4.69) is 20.4 Å². The van der Waals surface area contributed by atoms with Crippen molar-refractivity contribution in [2.75, 3.05) is 17.7 Å². The number of amides is 1. The highest BCUT2D eigenvalue weighted by Gasteiger charge is 2.06. The summed E-state index contributed by atoms with van der Waals surface area (Å²) in [7, 11) is 1.31. The Morgan fingerprint density at radius 1 is 1.10 bits per heavy atom. The SMILES string of the molecule is COC(=O)Nc1cn2cc(Nc3ccccc3)ccc2n1. The van der Waals surface area contributed by atoms with Gasteiger partial charge in [0.1, 0.15) is 5.65 Å². The smallest absolute Gasteiger partial charge is 0.412 e. The summed E-state index contributed by atoms with van der Waals surface area (Å²) in [5.74, 6) is 0.443. The van der Waals surface area contributed by atoms with Gasteiger partial charge in [-0.15, -0.1) is 0 Å². The molecule has 6 nitrogen and oxygen atoms in total. The maximum Gasteiger partial charge on any atom is 0.412 e. The Labute approximate surface area is 121 Å². The van der Waals surface area contributed by atoms with Crippen molar-refractivity contribution < 1.29 is 9.53 Å². The monoisotopic (exact) mass is 282 g/mol. The second-order valence-corrected chi connectivity index (χ2v) is 4.42. The quantitative estimate of drug-likeness (QED) is 0.773. The fourth-order valence-corrected chi connectivity index (χ4v) is 1.97. The molecule has 0 aliphatic carbocycles. The van der Waals surface area contributed by atoms with Gasteiger partial charge in [0.25, 0.3) is 0 Å². The van der Waals surface area contributed by atoms with E-state index in [0.717, 1.165) is 17.0 Å². The molecule has 0 aliphatic heterocycles. The summed E-state index contributed by atoms with van der Waals surface area (Å²) in [6.45, 7) is 0. The lowest BCUT2D eigenvalue weighted by atomic mass is 10.3. The Balaban J connectivity index is 1.84. The molecule has 1 aromatic carbocycles. The Hall–Kier alpha value is -3.02. The van der Waals surface area contributed by atoms with Gasteiger partial charge in [-0.1, -0.05) is 18.2 Å². The number of nitrogens with one attached hydrogen (secondary N) is 2. The van der Waals surface area contributed by atoms with Gasteiger partial charge in [0.15, 0.2) is 5.82 Å². The van der Waals surface area contributed by atoms with Crippen LogP contribution in [0.1, 0.15) is 0 Å². The molecule has 2 aromatic heterocycles. The first kappa shape index (κ1) is 13.0. The average molecular weight is 282 g/mol. The molecule has 3 rings (SSSR count). The fraction of sp³-hybridized carbons (Fsp3) is 0.0667. The normalized spacial score (nSPS) is 10.3. The number of fused-ring (bicyclic) bond motifs is 1. The van der Waals surface area contributed by atoms with Crippen LogP contribution in [-0.4, -0.2) is 22.6 Å². The summed E-state index contributed by atoms with van der Waals surface area (Å²) in [5, 5.41) is 5.83. The third kappa shape index (κ3) is 2.94. The number of nitrogens with zero attached hydrogens (tertiary/aromatic N) is 2. The van der Waals surface area contributed by atoms with Gasteiger partial charge in [-0.3, -0.25) is 5.32 Å². The number of rotatable bonds is 3. The molecule has 0 fully saturated rings. The van der Waals surface area contributed by atoms with Crippen molar-refractivity contribution in [3.05, 3.63) is 54.9 Å². The van der Waals surface area contributed by atoms with Crippen molar-refractivity contribution in [3.8, 4) is 0 Å².